The molecule has 0 radical (unpaired) electrons. The van der Waals surface area contributed by atoms with Crippen LogP contribution in [0.15, 0.2) is 0 Å². The SMILES string of the molecule is CC(C)C(C(=O)O)N1CCC2(CCCC2)CC1. The summed E-state index contributed by atoms with van der Waals surface area (Å²) in [6.07, 6.45) is 7.94. The maximum Gasteiger partial charge on any atom is 0.321 e. The molecule has 1 saturated heterocycles. The second-order valence-corrected chi connectivity index (χ2v) is 6.27. The highest BCUT2D eigenvalue weighted by Gasteiger charge is 2.40. The molecule has 3 nitrogen and oxygen atoms in total. The van der Waals surface area contributed by atoms with Crippen molar-refractivity contribution in [1.82, 2.24) is 4.90 Å². The van der Waals surface area contributed by atoms with Crippen LogP contribution in [0.2, 0.25) is 0 Å². The maximum absolute atomic E-state index is 11.3. The first-order chi connectivity index (χ1) is 8.04. The maximum atomic E-state index is 11.3. The third-order valence-corrected chi connectivity index (χ3v) is 4.80. The number of piperidine rings is 1. The lowest BCUT2D eigenvalue weighted by atomic mass is 9.76. The average molecular weight is 239 g/mol. The van der Waals surface area contributed by atoms with Crippen LogP contribution in [-0.2, 0) is 4.79 Å². The van der Waals surface area contributed by atoms with Gasteiger partial charge in [0.25, 0.3) is 0 Å². The minimum atomic E-state index is -0.651. The van der Waals surface area contributed by atoms with Crippen LogP contribution in [0.25, 0.3) is 0 Å². The van der Waals surface area contributed by atoms with Gasteiger partial charge in [0.2, 0.25) is 0 Å². The zero-order valence-electron chi connectivity index (χ0n) is 11.1. The van der Waals surface area contributed by atoms with Crippen LogP contribution in [0.4, 0.5) is 0 Å². The van der Waals surface area contributed by atoms with Crippen LogP contribution in [0.5, 0.6) is 0 Å². The van der Waals surface area contributed by atoms with Gasteiger partial charge in [-0.1, -0.05) is 26.7 Å². The number of aliphatic carboxylic acids is 1. The second-order valence-electron chi connectivity index (χ2n) is 6.27. The van der Waals surface area contributed by atoms with Gasteiger partial charge in [-0.15, -0.1) is 0 Å². The fourth-order valence-corrected chi connectivity index (χ4v) is 3.76. The van der Waals surface area contributed by atoms with Crippen molar-refractivity contribution in [2.75, 3.05) is 13.1 Å². The van der Waals surface area contributed by atoms with Gasteiger partial charge in [-0.3, -0.25) is 9.69 Å². The third kappa shape index (κ3) is 2.65. The smallest absolute Gasteiger partial charge is 0.321 e. The fraction of sp³-hybridized carbons (Fsp3) is 0.929. The second kappa shape index (κ2) is 4.97. The van der Waals surface area contributed by atoms with Gasteiger partial charge in [0.05, 0.1) is 0 Å². The lowest BCUT2D eigenvalue weighted by Crippen LogP contribution is -2.50. The summed E-state index contributed by atoms with van der Waals surface area (Å²) in [4.78, 5) is 13.5. The van der Waals surface area contributed by atoms with Crippen molar-refractivity contribution < 1.29 is 9.90 Å². The molecule has 0 aromatic carbocycles. The molecule has 2 aliphatic rings. The van der Waals surface area contributed by atoms with Gasteiger partial charge in [-0.2, -0.15) is 0 Å². The van der Waals surface area contributed by atoms with E-state index in [1.165, 1.54) is 38.5 Å². The van der Waals surface area contributed by atoms with Crippen molar-refractivity contribution in [3.63, 3.8) is 0 Å². The summed E-state index contributed by atoms with van der Waals surface area (Å²) < 4.78 is 0. The van der Waals surface area contributed by atoms with Crippen molar-refractivity contribution in [2.45, 2.75) is 58.4 Å². The van der Waals surface area contributed by atoms with E-state index in [0.717, 1.165) is 13.1 Å². The van der Waals surface area contributed by atoms with Crippen molar-refractivity contribution in [1.29, 1.82) is 0 Å². The Labute approximate surface area is 104 Å². The molecule has 1 atom stereocenters. The Morgan fingerprint density at radius 2 is 1.65 bits per heavy atom. The number of hydrogen-bond acceptors (Lipinski definition) is 2. The highest BCUT2D eigenvalue weighted by atomic mass is 16.4. The summed E-state index contributed by atoms with van der Waals surface area (Å²) in [5.74, 6) is -0.451. The highest BCUT2D eigenvalue weighted by Crippen LogP contribution is 2.46. The van der Waals surface area contributed by atoms with Crippen LogP contribution in [0, 0.1) is 11.3 Å². The van der Waals surface area contributed by atoms with E-state index >= 15 is 0 Å². The summed E-state index contributed by atoms with van der Waals surface area (Å²) in [6, 6.07) is -0.284. The van der Waals surface area contributed by atoms with Gasteiger partial charge in [-0.25, -0.2) is 0 Å². The van der Waals surface area contributed by atoms with Gasteiger partial charge >= 0.3 is 5.97 Å². The fourth-order valence-electron chi connectivity index (χ4n) is 3.76. The summed E-state index contributed by atoms with van der Waals surface area (Å²) in [5.41, 5.74) is 0.580. The molecule has 2 rings (SSSR count). The zero-order valence-corrected chi connectivity index (χ0v) is 11.1. The number of rotatable bonds is 3. The number of carbonyl (C=O) groups is 1. The van der Waals surface area contributed by atoms with E-state index in [1.54, 1.807) is 0 Å². The Morgan fingerprint density at radius 1 is 1.12 bits per heavy atom. The van der Waals surface area contributed by atoms with E-state index < -0.39 is 5.97 Å². The summed E-state index contributed by atoms with van der Waals surface area (Å²) >= 11 is 0. The highest BCUT2D eigenvalue weighted by molar-refractivity contribution is 5.73. The quantitative estimate of drug-likeness (QED) is 0.823. The molecule has 1 heterocycles. The molecule has 1 N–H and O–H groups in total. The lowest BCUT2D eigenvalue weighted by molar-refractivity contribution is -0.146. The molecule has 0 bridgehead atoms. The van der Waals surface area contributed by atoms with Crippen LogP contribution >= 0.6 is 0 Å². The van der Waals surface area contributed by atoms with Crippen molar-refractivity contribution in [2.24, 2.45) is 11.3 Å². The Kier molecular flexibility index (Phi) is 3.76. The molecule has 1 unspecified atom stereocenters. The lowest BCUT2D eigenvalue weighted by Gasteiger charge is -2.42. The topological polar surface area (TPSA) is 40.5 Å². The molecule has 3 heteroatoms. The summed E-state index contributed by atoms with van der Waals surface area (Å²) in [7, 11) is 0. The van der Waals surface area contributed by atoms with E-state index in [2.05, 4.69) is 4.90 Å². The Morgan fingerprint density at radius 3 is 2.06 bits per heavy atom. The molecular formula is C14H25NO2. The van der Waals surface area contributed by atoms with E-state index in [1.807, 2.05) is 13.8 Å². The van der Waals surface area contributed by atoms with E-state index in [4.69, 9.17) is 0 Å². The molecule has 0 aromatic heterocycles. The Bertz CT molecular complexity index is 272. The van der Waals surface area contributed by atoms with Gasteiger partial charge in [-0.05, 0) is 50.1 Å². The first kappa shape index (κ1) is 12.9. The number of likely N-dealkylation sites (tertiary alicyclic amines) is 1. The standard InChI is InChI=1S/C14H25NO2/c1-11(2)12(13(16)17)15-9-7-14(8-10-15)5-3-4-6-14/h11-12H,3-10H2,1-2H3,(H,16,17). The van der Waals surface area contributed by atoms with Gasteiger partial charge in [0.15, 0.2) is 0 Å². The molecule has 98 valence electrons. The van der Waals surface area contributed by atoms with Gasteiger partial charge in [0.1, 0.15) is 6.04 Å². The largest absolute Gasteiger partial charge is 0.480 e. The Hall–Kier alpha value is -0.570. The predicted molar refractivity (Wildman–Crippen MR) is 68.0 cm³/mol. The van der Waals surface area contributed by atoms with Crippen LogP contribution in [-0.4, -0.2) is 35.1 Å². The normalized spacial score (nSPS) is 26.5. The summed E-state index contributed by atoms with van der Waals surface area (Å²) in [5, 5.41) is 9.31. The molecule has 0 amide bonds. The molecule has 17 heavy (non-hydrogen) atoms. The summed E-state index contributed by atoms with van der Waals surface area (Å²) in [6.45, 7) is 5.99. The van der Waals surface area contributed by atoms with Crippen LogP contribution < -0.4 is 0 Å². The molecule has 0 aromatic rings. The van der Waals surface area contributed by atoms with Crippen LogP contribution in [0.1, 0.15) is 52.4 Å². The van der Waals surface area contributed by atoms with E-state index in [9.17, 15) is 9.90 Å². The molecule has 1 aliphatic carbocycles. The molecule has 1 aliphatic heterocycles. The monoisotopic (exact) mass is 239 g/mol. The molecule has 1 saturated carbocycles. The number of hydrogen-bond donors (Lipinski definition) is 1. The van der Waals surface area contributed by atoms with Crippen molar-refractivity contribution >= 4 is 5.97 Å². The minimum Gasteiger partial charge on any atom is -0.480 e. The van der Waals surface area contributed by atoms with Crippen molar-refractivity contribution in [3.8, 4) is 0 Å². The predicted octanol–water partition coefficient (Wildman–Crippen LogP) is 2.75. The zero-order chi connectivity index (χ0) is 12.5. The Balaban J connectivity index is 1.95. The first-order valence-electron chi connectivity index (χ1n) is 7.01. The van der Waals surface area contributed by atoms with Crippen LogP contribution in [0.3, 0.4) is 0 Å². The number of carboxylic acids is 1. The van der Waals surface area contributed by atoms with E-state index in [0.29, 0.717) is 5.41 Å². The molecule has 2 fully saturated rings. The van der Waals surface area contributed by atoms with Gasteiger partial charge < -0.3 is 5.11 Å². The third-order valence-electron chi connectivity index (χ3n) is 4.80. The number of nitrogens with zero attached hydrogens (tertiary/aromatic N) is 1. The van der Waals surface area contributed by atoms with Crippen molar-refractivity contribution in [3.05, 3.63) is 0 Å². The minimum absolute atomic E-state index is 0.199. The molecular weight excluding hydrogens is 214 g/mol. The van der Waals surface area contributed by atoms with Gasteiger partial charge in [0, 0.05) is 0 Å². The van der Waals surface area contributed by atoms with E-state index in [-0.39, 0.29) is 12.0 Å². The number of carboxylic acid groups (broad SMARTS) is 1. The average Bonchev–Trinajstić information content (AvgIpc) is 2.69. The molecule has 1 spiro atoms. The first-order valence-corrected chi connectivity index (χ1v) is 7.01.